The quantitative estimate of drug-likeness (QED) is 0.212. The molecule has 39 heavy (non-hydrogen) atoms. The van der Waals surface area contributed by atoms with E-state index in [0.717, 1.165) is 5.56 Å². The van der Waals surface area contributed by atoms with Crippen LogP contribution in [0.5, 0.6) is 5.75 Å². The standard InChI is InChI=1S/C29H40N4O6/c1-17(2)14-22(30)26(35)31-23(15-19-8-6-5-7-9-19)27(36)33-25(18(3)4)28(37)32-24(29(38)39)16-20-10-12-21(34)13-11-20/h5-13,17-18,22-25,34H,14-16,30H2,1-4H3,(H,31,35)(H,32,37)(H,33,36)(H,38,39). The second-order valence-corrected chi connectivity index (χ2v) is 10.5. The highest BCUT2D eigenvalue weighted by molar-refractivity contribution is 5.94. The topological polar surface area (TPSA) is 171 Å². The van der Waals surface area contributed by atoms with Gasteiger partial charge in [-0.25, -0.2) is 4.79 Å². The van der Waals surface area contributed by atoms with Crippen LogP contribution in [0.3, 0.4) is 0 Å². The Bertz CT molecular complexity index is 1100. The van der Waals surface area contributed by atoms with Crippen LogP contribution in [0.1, 0.15) is 45.2 Å². The van der Waals surface area contributed by atoms with Gasteiger partial charge in [-0.15, -0.1) is 0 Å². The van der Waals surface area contributed by atoms with E-state index >= 15 is 0 Å². The minimum absolute atomic E-state index is 0.0133. The number of hydrogen-bond acceptors (Lipinski definition) is 6. The van der Waals surface area contributed by atoms with Gasteiger partial charge in [-0.3, -0.25) is 14.4 Å². The predicted octanol–water partition coefficient (Wildman–Crippen LogP) is 1.75. The Balaban J connectivity index is 2.19. The largest absolute Gasteiger partial charge is 0.508 e. The molecule has 0 fully saturated rings. The van der Waals surface area contributed by atoms with Crippen molar-refractivity contribution >= 4 is 23.7 Å². The van der Waals surface area contributed by atoms with Crippen molar-refractivity contribution in [1.29, 1.82) is 0 Å². The number of nitrogens with two attached hydrogens (primary N) is 1. The van der Waals surface area contributed by atoms with E-state index < -0.39 is 47.9 Å². The first-order chi connectivity index (χ1) is 18.4. The van der Waals surface area contributed by atoms with Gasteiger partial charge in [0, 0.05) is 12.8 Å². The molecule has 0 aromatic heterocycles. The summed E-state index contributed by atoms with van der Waals surface area (Å²) in [5.41, 5.74) is 7.45. The molecule has 0 aliphatic heterocycles. The van der Waals surface area contributed by atoms with Crippen LogP contribution in [0.4, 0.5) is 0 Å². The van der Waals surface area contributed by atoms with E-state index in [1.54, 1.807) is 26.0 Å². The molecular formula is C29H40N4O6. The van der Waals surface area contributed by atoms with Crippen molar-refractivity contribution in [2.45, 2.75) is 71.1 Å². The highest BCUT2D eigenvalue weighted by Gasteiger charge is 2.32. The fraction of sp³-hybridized carbons (Fsp3) is 0.448. The zero-order valence-electron chi connectivity index (χ0n) is 22.9. The number of aromatic hydroxyl groups is 1. The number of carbonyl (C=O) groups excluding carboxylic acids is 3. The third kappa shape index (κ3) is 10.4. The number of amides is 3. The smallest absolute Gasteiger partial charge is 0.326 e. The summed E-state index contributed by atoms with van der Waals surface area (Å²) in [6.07, 6.45) is 0.610. The Morgan fingerprint density at radius 3 is 1.82 bits per heavy atom. The SMILES string of the molecule is CC(C)CC(N)C(=O)NC(Cc1ccccc1)C(=O)NC(C(=O)NC(Cc1ccc(O)cc1)C(=O)O)C(C)C. The van der Waals surface area contributed by atoms with Gasteiger partial charge in [0.15, 0.2) is 0 Å². The van der Waals surface area contributed by atoms with Crippen LogP contribution in [-0.4, -0.2) is 58.1 Å². The van der Waals surface area contributed by atoms with E-state index in [4.69, 9.17) is 5.73 Å². The number of nitrogens with one attached hydrogen (secondary N) is 3. The normalized spacial score (nSPS) is 14.2. The first-order valence-corrected chi connectivity index (χ1v) is 13.1. The van der Waals surface area contributed by atoms with Crippen LogP contribution in [-0.2, 0) is 32.0 Å². The Morgan fingerprint density at radius 2 is 1.28 bits per heavy atom. The molecule has 0 spiro atoms. The second-order valence-electron chi connectivity index (χ2n) is 10.5. The van der Waals surface area contributed by atoms with Crippen molar-refractivity contribution < 1.29 is 29.4 Å². The number of phenolic OH excluding ortho intramolecular Hbond substituents is 1. The van der Waals surface area contributed by atoms with Crippen molar-refractivity contribution in [3.8, 4) is 5.75 Å². The van der Waals surface area contributed by atoms with Crippen LogP contribution in [0.2, 0.25) is 0 Å². The highest BCUT2D eigenvalue weighted by atomic mass is 16.4. The molecule has 3 amide bonds. The van der Waals surface area contributed by atoms with Crippen LogP contribution in [0.15, 0.2) is 54.6 Å². The molecule has 0 aliphatic rings. The van der Waals surface area contributed by atoms with Crippen molar-refractivity contribution in [3.63, 3.8) is 0 Å². The summed E-state index contributed by atoms with van der Waals surface area (Å²) in [5, 5.41) is 27.1. The average molecular weight is 541 g/mol. The molecule has 212 valence electrons. The lowest BCUT2D eigenvalue weighted by atomic mass is 9.99. The molecule has 0 saturated carbocycles. The molecule has 10 nitrogen and oxygen atoms in total. The van der Waals surface area contributed by atoms with Crippen molar-refractivity contribution in [2.24, 2.45) is 17.6 Å². The monoisotopic (exact) mass is 540 g/mol. The number of hydrogen-bond donors (Lipinski definition) is 6. The van der Waals surface area contributed by atoms with Gasteiger partial charge in [0.2, 0.25) is 17.7 Å². The van der Waals surface area contributed by atoms with Crippen LogP contribution >= 0.6 is 0 Å². The first kappa shape index (κ1) is 31.3. The molecule has 7 N–H and O–H groups in total. The number of phenols is 1. The lowest BCUT2D eigenvalue weighted by molar-refractivity contribution is -0.142. The van der Waals surface area contributed by atoms with Crippen LogP contribution in [0.25, 0.3) is 0 Å². The van der Waals surface area contributed by atoms with Gasteiger partial charge in [0.25, 0.3) is 0 Å². The molecule has 0 bridgehead atoms. The second kappa shape index (κ2) is 14.9. The third-order valence-corrected chi connectivity index (χ3v) is 6.22. The van der Waals surface area contributed by atoms with Crippen LogP contribution < -0.4 is 21.7 Å². The summed E-state index contributed by atoms with van der Waals surface area (Å²) >= 11 is 0. The number of carbonyl (C=O) groups is 4. The fourth-order valence-corrected chi connectivity index (χ4v) is 4.07. The van der Waals surface area contributed by atoms with E-state index in [9.17, 15) is 29.4 Å². The molecule has 0 heterocycles. The summed E-state index contributed by atoms with van der Waals surface area (Å²) in [5.74, 6) is -3.10. The summed E-state index contributed by atoms with van der Waals surface area (Å²) in [4.78, 5) is 51.2. The zero-order valence-corrected chi connectivity index (χ0v) is 22.9. The van der Waals surface area contributed by atoms with E-state index in [1.807, 2.05) is 44.2 Å². The van der Waals surface area contributed by atoms with Gasteiger partial charge in [-0.2, -0.15) is 0 Å². The predicted molar refractivity (Wildman–Crippen MR) is 148 cm³/mol. The zero-order chi connectivity index (χ0) is 29.1. The first-order valence-electron chi connectivity index (χ1n) is 13.1. The summed E-state index contributed by atoms with van der Waals surface area (Å²) in [7, 11) is 0. The molecule has 0 saturated heterocycles. The Hall–Kier alpha value is -3.92. The molecule has 2 aromatic rings. The van der Waals surface area contributed by atoms with Gasteiger partial charge < -0.3 is 31.9 Å². The maximum absolute atomic E-state index is 13.4. The Kier molecular flexibility index (Phi) is 11.9. The molecule has 2 rings (SSSR count). The van der Waals surface area contributed by atoms with E-state index in [2.05, 4.69) is 16.0 Å². The van der Waals surface area contributed by atoms with Crippen molar-refractivity contribution in [1.82, 2.24) is 16.0 Å². The minimum Gasteiger partial charge on any atom is -0.508 e. The minimum atomic E-state index is -1.26. The average Bonchev–Trinajstić information content (AvgIpc) is 2.87. The summed E-state index contributed by atoms with van der Waals surface area (Å²) in [6.45, 7) is 7.34. The highest BCUT2D eigenvalue weighted by Crippen LogP contribution is 2.13. The van der Waals surface area contributed by atoms with Gasteiger partial charge in [-0.1, -0.05) is 70.2 Å². The number of aliphatic carboxylic acids is 1. The number of benzene rings is 2. The lowest BCUT2D eigenvalue weighted by Crippen LogP contribution is -2.59. The van der Waals surface area contributed by atoms with E-state index in [0.29, 0.717) is 12.0 Å². The Morgan fingerprint density at radius 1 is 0.744 bits per heavy atom. The lowest BCUT2D eigenvalue weighted by Gasteiger charge is -2.27. The van der Waals surface area contributed by atoms with Gasteiger partial charge in [0.1, 0.15) is 23.9 Å². The van der Waals surface area contributed by atoms with Crippen molar-refractivity contribution in [3.05, 3.63) is 65.7 Å². The Labute approximate surface area is 229 Å². The summed E-state index contributed by atoms with van der Waals surface area (Å²) < 4.78 is 0. The van der Waals surface area contributed by atoms with Crippen LogP contribution in [0, 0.1) is 11.8 Å². The molecule has 4 unspecified atom stereocenters. The number of carboxylic acid groups (broad SMARTS) is 1. The maximum Gasteiger partial charge on any atom is 0.326 e. The molecule has 2 aromatic carbocycles. The maximum atomic E-state index is 13.4. The van der Waals surface area contributed by atoms with Crippen molar-refractivity contribution in [2.75, 3.05) is 0 Å². The molecule has 4 atom stereocenters. The number of rotatable bonds is 14. The van der Waals surface area contributed by atoms with Gasteiger partial charge >= 0.3 is 5.97 Å². The molecule has 0 aliphatic carbocycles. The van der Waals surface area contributed by atoms with Gasteiger partial charge in [-0.05, 0) is 41.5 Å². The van der Waals surface area contributed by atoms with E-state index in [1.165, 1.54) is 12.1 Å². The van der Waals surface area contributed by atoms with Gasteiger partial charge in [0.05, 0.1) is 6.04 Å². The third-order valence-electron chi connectivity index (χ3n) is 6.22. The molecule has 10 heteroatoms. The summed E-state index contributed by atoms with van der Waals surface area (Å²) in [6, 6.07) is 11.0. The molecular weight excluding hydrogens is 500 g/mol. The van der Waals surface area contributed by atoms with E-state index in [-0.39, 0.29) is 30.4 Å². The molecule has 0 radical (unpaired) electrons. The number of carboxylic acids is 1. The fourth-order valence-electron chi connectivity index (χ4n) is 4.07.